The number of nitrogens with two attached hydrogens (primary N) is 1. The van der Waals surface area contributed by atoms with Gasteiger partial charge >= 0.3 is 0 Å². The van der Waals surface area contributed by atoms with E-state index in [0.717, 1.165) is 31.1 Å². The molecule has 130 valence electrons. The SMILES string of the molecule is CC(C)(C)C(O)CC1CC(N)CN(Cc2ccc(F)c(F)c2)C1. The Balaban J connectivity index is 1.98. The first-order valence-corrected chi connectivity index (χ1v) is 8.25. The van der Waals surface area contributed by atoms with E-state index in [1.165, 1.54) is 6.07 Å². The molecule has 1 aliphatic heterocycles. The molecule has 0 spiro atoms. The van der Waals surface area contributed by atoms with E-state index in [1.54, 1.807) is 6.07 Å². The highest BCUT2D eigenvalue weighted by Gasteiger charge is 2.30. The van der Waals surface area contributed by atoms with E-state index in [0.29, 0.717) is 18.9 Å². The van der Waals surface area contributed by atoms with Gasteiger partial charge in [0, 0.05) is 25.7 Å². The summed E-state index contributed by atoms with van der Waals surface area (Å²) in [6.07, 6.45) is 1.23. The quantitative estimate of drug-likeness (QED) is 0.894. The molecule has 5 heteroatoms. The zero-order valence-corrected chi connectivity index (χ0v) is 14.2. The number of aliphatic hydroxyl groups is 1. The normalized spacial score (nSPS) is 24.7. The molecule has 1 aromatic rings. The van der Waals surface area contributed by atoms with Crippen LogP contribution >= 0.6 is 0 Å². The molecule has 0 bridgehead atoms. The average molecular weight is 326 g/mol. The summed E-state index contributed by atoms with van der Waals surface area (Å²) in [7, 11) is 0. The third-order valence-electron chi connectivity index (χ3n) is 4.59. The van der Waals surface area contributed by atoms with Gasteiger partial charge in [-0.2, -0.15) is 0 Å². The van der Waals surface area contributed by atoms with Gasteiger partial charge in [0.2, 0.25) is 0 Å². The lowest BCUT2D eigenvalue weighted by atomic mass is 9.80. The topological polar surface area (TPSA) is 49.5 Å². The predicted octanol–water partition coefficient (Wildman–Crippen LogP) is 2.91. The van der Waals surface area contributed by atoms with E-state index in [9.17, 15) is 13.9 Å². The second-order valence-electron chi connectivity index (χ2n) is 7.92. The van der Waals surface area contributed by atoms with Gasteiger partial charge in [0.1, 0.15) is 0 Å². The maximum absolute atomic E-state index is 13.3. The van der Waals surface area contributed by atoms with Crippen LogP contribution in [0.4, 0.5) is 8.78 Å². The first-order chi connectivity index (χ1) is 10.6. The summed E-state index contributed by atoms with van der Waals surface area (Å²) in [5.74, 6) is -1.32. The lowest BCUT2D eigenvalue weighted by Gasteiger charge is -2.39. The van der Waals surface area contributed by atoms with Crippen LogP contribution in [0.5, 0.6) is 0 Å². The molecule has 0 radical (unpaired) electrons. The van der Waals surface area contributed by atoms with Crippen LogP contribution in [-0.2, 0) is 6.54 Å². The molecule has 0 aromatic heterocycles. The number of likely N-dealkylation sites (tertiary alicyclic amines) is 1. The maximum Gasteiger partial charge on any atom is 0.159 e. The third kappa shape index (κ3) is 5.23. The number of rotatable bonds is 4. The van der Waals surface area contributed by atoms with Gasteiger partial charge in [0.05, 0.1) is 6.10 Å². The zero-order valence-electron chi connectivity index (χ0n) is 14.2. The molecule has 3 nitrogen and oxygen atoms in total. The zero-order chi connectivity index (χ0) is 17.2. The molecule has 0 saturated carbocycles. The molecule has 1 saturated heterocycles. The largest absolute Gasteiger partial charge is 0.393 e. The second kappa shape index (κ2) is 7.24. The lowest BCUT2D eigenvalue weighted by Crippen LogP contribution is -2.47. The van der Waals surface area contributed by atoms with Crippen LogP contribution in [0.25, 0.3) is 0 Å². The van der Waals surface area contributed by atoms with Crippen molar-refractivity contribution in [2.24, 2.45) is 17.1 Å². The minimum Gasteiger partial charge on any atom is -0.393 e. The number of nitrogens with zero attached hydrogens (tertiary/aromatic N) is 1. The van der Waals surface area contributed by atoms with Gasteiger partial charge in [-0.3, -0.25) is 4.90 Å². The van der Waals surface area contributed by atoms with Crippen LogP contribution in [0, 0.1) is 23.0 Å². The van der Waals surface area contributed by atoms with Crippen LogP contribution < -0.4 is 5.73 Å². The number of hydrogen-bond acceptors (Lipinski definition) is 3. The monoisotopic (exact) mass is 326 g/mol. The molecule has 3 N–H and O–H groups in total. The van der Waals surface area contributed by atoms with Crippen molar-refractivity contribution in [3.05, 3.63) is 35.4 Å². The summed E-state index contributed by atoms with van der Waals surface area (Å²) in [5.41, 5.74) is 6.75. The summed E-state index contributed by atoms with van der Waals surface area (Å²) in [5, 5.41) is 10.3. The Morgan fingerprint density at radius 3 is 2.57 bits per heavy atom. The van der Waals surface area contributed by atoms with Gasteiger partial charge < -0.3 is 10.8 Å². The fourth-order valence-corrected chi connectivity index (χ4v) is 3.21. The van der Waals surface area contributed by atoms with Crippen molar-refractivity contribution in [3.63, 3.8) is 0 Å². The second-order valence-corrected chi connectivity index (χ2v) is 7.92. The van der Waals surface area contributed by atoms with Gasteiger partial charge in [0.25, 0.3) is 0 Å². The molecule has 0 aliphatic carbocycles. The van der Waals surface area contributed by atoms with E-state index in [4.69, 9.17) is 5.73 Å². The van der Waals surface area contributed by atoms with Gasteiger partial charge in [-0.25, -0.2) is 8.78 Å². The Bertz CT molecular complexity index is 530. The highest BCUT2D eigenvalue weighted by Crippen LogP contribution is 2.29. The van der Waals surface area contributed by atoms with Crippen LogP contribution in [0.1, 0.15) is 39.2 Å². The molecule has 1 fully saturated rings. The third-order valence-corrected chi connectivity index (χ3v) is 4.59. The predicted molar refractivity (Wildman–Crippen MR) is 87.8 cm³/mol. The smallest absolute Gasteiger partial charge is 0.159 e. The van der Waals surface area contributed by atoms with E-state index in [-0.39, 0.29) is 17.6 Å². The molecule has 2 rings (SSSR count). The Kier molecular flexibility index (Phi) is 5.76. The molecule has 1 heterocycles. The van der Waals surface area contributed by atoms with Gasteiger partial charge in [-0.15, -0.1) is 0 Å². The van der Waals surface area contributed by atoms with Gasteiger partial charge in [0.15, 0.2) is 11.6 Å². The standard InChI is InChI=1S/C18H28F2N2O/c1-18(2,3)17(23)8-13-6-14(21)11-22(10-13)9-12-4-5-15(19)16(20)7-12/h4-5,7,13-14,17,23H,6,8-11,21H2,1-3H3. The number of halogens is 2. The van der Waals surface area contributed by atoms with Crippen LogP contribution in [0.2, 0.25) is 0 Å². The van der Waals surface area contributed by atoms with Crippen molar-refractivity contribution in [1.29, 1.82) is 0 Å². The van der Waals surface area contributed by atoms with Crippen LogP contribution in [0.15, 0.2) is 18.2 Å². The number of piperidine rings is 1. The first kappa shape index (κ1) is 18.3. The van der Waals surface area contributed by atoms with Crippen molar-refractivity contribution in [1.82, 2.24) is 4.90 Å². The van der Waals surface area contributed by atoms with Crippen molar-refractivity contribution in [2.75, 3.05) is 13.1 Å². The Labute approximate surface area is 137 Å². The number of aliphatic hydroxyl groups excluding tert-OH is 1. The molecule has 3 unspecified atom stereocenters. The summed E-state index contributed by atoms with van der Waals surface area (Å²) in [4.78, 5) is 2.17. The highest BCUT2D eigenvalue weighted by atomic mass is 19.2. The fourth-order valence-electron chi connectivity index (χ4n) is 3.21. The molecule has 1 aliphatic rings. The molecule has 1 aromatic carbocycles. The molecule has 23 heavy (non-hydrogen) atoms. The molecular weight excluding hydrogens is 298 g/mol. The van der Waals surface area contributed by atoms with Crippen molar-refractivity contribution in [3.8, 4) is 0 Å². The Hall–Kier alpha value is -1.04. The summed E-state index contributed by atoms with van der Waals surface area (Å²) in [6, 6.07) is 4.06. The van der Waals surface area contributed by atoms with Crippen molar-refractivity contribution >= 4 is 0 Å². The van der Waals surface area contributed by atoms with Crippen LogP contribution in [0.3, 0.4) is 0 Å². The van der Waals surface area contributed by atoms with Crippen molar-refractivity contribution < 1.29 is 13.9 Å². The van der Waals surface area contributed by atoms with E-state index >= 15 is 0 Å². The number of hydrogen-bond donors (Lipinski definition) is 2. The summed E-state index contributed by atoms with van der Waals surface area (Å²) in [6.45, 7) is 8.19. The summed E-state index contributed by atoms with van der Waals surface area (Å²) < 4.78 is 26.4. The molecular formula is C18H28F2N2O. The van der Waals surface area contributed by atoms with E-state index < -0.39 is 11.6 Å². The maximum atomic E-state index is 13.3. The Morgan fingerprint density at radius 2 is 1.96 bits per heavy atom. The lowest BCUT2D eigenvalue weighted by molar-refractivity contribution is 0.0233. The van der Waals surface area contributed by atoms with E-state index in [1.807, 2.05) is 20.8 Å². The minimum atomic E-state index is -0.824. The van der Waals surface area contributed by atoms with Crippen molar-refractivity contribution in [2.45, 2.75) is 52.3 Å². The van der Waals surface area contributed by atoms with Gasteiger partial charge in [-0.1, -0.05) is 26.8 Å². The highest BCUT2D eigenvalue weighted by molar-refractivity contribution is 5.17. The Morgan fingerprint density at radius 1 is 1.26 bits per heavy atom. The fraction of sp³-hybridized carbons (Fsp3) is 0.667. The van der Waals surface area contributed by atoms with E-state index in [2.05, 4.69) is 4.90 Å². The molecule has 3 atom stereocenters. The molecule has 0 amide bonds. The minimum absolute atomic E-state index is 0.0474. The van der Waals surface area contributed by atoms with Gasteiger partial charge in [-0.05, 0) is 41.9 Å². The average Bonchev–Trinajstić information content (AvgIpc) is 2.41. The number of benzene rings is 1. The first-order valence-electron chi connectivity index (χ1n) is 8.25. The van der Waals surface area contributed by atoms with Crippen LogP contribution in [-0.4, -0.2) is 35.2 Å². The summed E-state index contributed by atoms with van der Waals surface area (Å²) >= 11 is 0.